The van der Waals surface area contributed by atoms with Crippen LogP contribution in [0, 0.1) is 6.92 Å². The molecule has 1 heterocycles. The molecule has 17 heavy (non-hydrogen) atoms. The maximum Gasteiger partial charge on any atom is 0.236 e. The smallest absolute Gasteiger partial charge is 0.236 e. The number of aromatic nitrogens is 1. The normalized spacial score (nSPS) is 14.7. The summed E-state index contributed by atoms with van der Waals surface area (Å²) in [5, 5.41) is 3.15. The van der Waals surface area contributed by atoms with E-state index in [1.807, 2.05) is 31.0 Å². The number of aryl methyl sites for hydroxylation is 1. The number of rotatable bonds is 5. The molecule has 1 aromatic heterocycles. The molecule has 0 atom stereocenters. The van der Waals surface area contributed by atoms with Crippen LogP contribution in [0.2, 0.25) is 0 Å². The SMILES string of the molecule is Cc1cccnc1CNCC(=O)N(C)C1CC1. The van der Waals surface area contributed by atoms with E-state index in [0.717, 1.165) is 24.1 Å². The minimum absolute atomic E-state index is 0.168. The molecule has 1 aliphatic carbocycles. The molecule has 2 rings (SSSR count). The molecular formula is C13H19N3O. The number of nitrogens with one attached hydrogen (secondary N) is 1. The van der Waals surface area contributed by atoms with Crippen molar-refractivity contribution in [3.8, 4) is 0 Å². The highest BCUT2D eigenvalue weighted by molar-refractivity contribution is 5.78. The largest absolute Gasteiger partial charge is 0.342 e. The van der Waals surface area contributed by atoms with Gasteiger partial charge in [0.1, 0.15) is 0 Å². The lowest BCUT2D eigenvalue weighted by molar-refractivity contribution is -0.129. The number of hydrogen-bond donors (Lipinski definition) is 1. The Morgan fingerprint density at radius 1 is 1.59 bits per heavy atom. The van der Waals surface area contributed by atoms with Crippen LogP contribution in [0.3, 0.4) is 0 Å². The van der Waals surface area contributed by atoms with E-state index in [9.17, 15) is 4.79 Å². The summed E-state index contributed by atoms with van der Waals surface area (Å²) in [5.74, 6) is 0.168. The van der Waals surface area contributed by atoms with Crippen LogP contribution in [0.5, 0.6) is 0 Å². The Labute approximate surface area is 102 Å². The number of carbonyl (C=O) groups is 1. The van der Waals surface area contributed by atoms with Gasteiger partial charge in [-0.1, -0.05) is 6.07 Å². The predicted molar refractivity (Wildman–Crippen MR) is 66.5 cm³/mol. The minimum atomic E-state index is 0.168. The fourth-order valence-electron chi connectivity index (χ4n) is 1.78. The fourth-order valence-corrected chi connectivity index (χ4v) is 1.78. The highest BCUT2D eigenvalue weighted by Crippen LogP contribution is 2.25. The summed E-state index contributed by atoms with van der Waals surface area (Å²) in [6.07, 6.45) is 4.09. The van der Waals surface area contributed by atoms with Gasteiger partial charge in [0.2, 0.25) is 5.91 Å². The zero-order valence-electron chi connectivity index (χ0n) is 10.4. The second-order valence-electron chi connectivity index (χ2n) is 4.61. The molecule has 1 aliphatic rings. The Morgan fingerprint density at radius 3 is 3.00 bits per heavy atom. The molecule has 0 unspecified atom stereocenters. The monoisotopic (exact) mass is 233 g/mol. The molecule has 1 saturated carbocycles. The number of hydrogen-bond acceptors (Lipinski definition) is 3. The van der Waals surface area contributed by atoms with Gasteiger partial charge in [-0.05, 0) is 31.4 Å². The average molecular weight is 233 g/mol. The van der Waals surface area contributed by atoms with E-state index in [2.05, 4.69) is 10.3 Å². The van der Waals surface area contributed by atoms with E-state index in [-0.39, 0.29) is 5.91 Å². The third kappa shape index (κ3) is 3.27. The quantitative estimate of drug-likeness (QED) is 0.828. The van der Waals surface area contributed by atoms with Crippen LogP contribution < -0.4 is 5.32 Å². The first-order valence-corrected chi connectivity index (χ1v) is 6.05. The molecule has 0 radical (unpaired) electrons. The summed E-state index contributed by atoms with van der Waals surface area (Å²) < 4.78 is 0. The Hall–Kier alpha value is -1.42. The fraction of sp³-hybridized carbons (Fsp3) is 0.538. The number of amides is 1. The van der Waals surface area contributed by atoms with Gasteiger partial charge in [-0.25, -0.2) is 0 Å². The maximum absolute atomic E-state index is 11.7. The summed E-state index contributed by atoms with van der Waals surface area (Å²) in [4.78, 5) is 17.9. The van der Waals surface area contributed by atoms with Crippen LogP contribution in [-0.4, -0.2) is 35.4 Å². The van der Waals surface area contributed by atoms with Crippen molar-refractivity contribution in [2.24, 2.45) is 0 Å². The summed E-state index contributed by atoms with van der Waals surface area (Å²) in [7, 11) is 1.88. The van der Waals surface area contributed by atoms with Crippen LogP contribution >= 0.6 is 0 Å². The number of pyridine rings is 1. The second kappa shape index (κ2) is 5.27. The zero-order valence-corrected chi connectivity index (χ0v) is 10.4. The third-order valence-corrected chi connectivity index (χ3v) is 3.17. The minimum Gasteiger partial charge on any atom is -0.342 e. The second-order valence-corrected chi connectivity index (χ2v) is 4.61. The van der Waals surface area contributed by atoms with Crippen LogP contribution in [0.1, 0.15) is 24.1 Å². The van der Waals surface area contributed by atoms with Crippen molar-refractivity contribution in [2.75, 3.05) is 13.6 Å². The topological polar surface area (TPSA) is 45.2 Å². The van der Waals surface area contributed by atoms with Crippen molar-refractivity contribution in [1.29, 1.82) is 0 Å². The number of carbonyl (C=O) groups excluding carboxylic acids is 1. The lowest BCUT2D eigenvalue weighted by Gasteiger charge is -2.16. The van der Waals surface area contributed by atoms with E-state index < -0.39 is 0 Å². The molecule has 0 aliphatic heterocycles. The molecule has 1 fully saturated rings. The molecule has 4 heteroatoms. The highest BCUT2D eigenvalue weighted by atomic mass is 16.2. The molecule has 92 valence electrons. The van der Waals surface area contributed by atoms with E-state index in [1.165, 1.54) is 0 Å². The van der Waals surface area contributed by atoms with Gasteiger partial charge in [-0.2, -0.15) is 0 Å². The summed E-state index contributed by atoms with van der Waals surface area (Å²) in [6, 6.07) is 4.44. The first-order chi connectivity index (χ1) is 8.18. The molecule has 0 spiro atoms. The zero-order chi connectivity index (χ0) is 12.3. The Kier molecular flexibility index (Phi) is 3.74. The molecule has 0 aromatic carbocycles. The average Bonchev–Trinajstić information content (AvgIpc) is 3.14. The predicted octanol–water partition coefficient (Wildman–Crippen LogP) is 1.10. The Balaban J connectivity index is 1.75. The molecule has 0 bridgehead atoms. The molecule has 1 aromatic rings. The lowest BCUT2D eigenvalue weighted by atomic mass is 10.2. The number of nitrogens with zero attached hydrogens (tertiary/aromatic N) is 2. The van der Waals surface area contributed by atoms with Crippen molar-refractivity contribution < 1.29 is 4.79 Å². The van der Waals surface area contributed by atoms with Gasteiger partial charge >= 0.3 is 0 Å². The van der Waals surface area contributed by atoms with Crippen molar-refractivity contribution in [3.05, 3.63) is 29.6 Å². The van der Waals surface area contributed by atoms with Crippen LogP contribution in [0.4, 0.5) is 0 Å². The Morgan fingerprint density at radius 2 is 2.35 bits per heavy atom. The molecular weight excluding hydrogens is 214 g/mol. The molecule has 1 amide bonds. The van der Waals surface area contributed by atoms with Crippen molar-refractivity contribution in [2.45, 2.75) is 32.4 Å². The lowest BCUT2D eigenvalue weighted by Crippen LogP contribution is -2.36. The van der Waals surface area contributed by atoms with E-state index in [1.54, 1.807) is 6.20 Å². The van der Waals surface area contributed by atoms with Gasteiger partial charge in [0.05, 0.1) is 12.2 Å². The maximum atomic E-state index is 11.7. The first-order valence-electron chi connectivity index (χ1n) is 6.05. The van der Waals surface area contributed by atoms with Gasteiger partial charge in [-0.3, -0.25) is 9.78 Å². The van der Waals surface area contributed by atoms with Crippen molar-refractivity contribution in [1.82, 2.24) is 15.2 Å². The first kappa shape index (κ1) is 12.0. The van der Waals surface area contributed by atoms with Gasteiger partial charge in [-0.15, -0.1) is 0 Å². The highest BCUT2D eigenvalue weighted by Gasteiger charge is 2.28. The van der Waals surface area contributed by atoms with Gasteiger partial charge in [0, 0.05) is 25.8 Å². The summed E-state index contributed by atoms with van der Waals surface area (Å²) >= 11 is 0. The van der Waals surface area contributed by atoms with Gasteiger partial charge < -0.3 is 10.2 Å². The summed E-state index contributed by atoms with van der Waals surface area (Å²) in [6.45, 7) is 3.07. The van der Waals surface area contributed by atoms with E-state index >= 15 is 0 Å². The van der Waals surface area contributed by atoms with Gasteiger partial charge in [0.25, 0.3) is 0 Å². The molecule has 0 saturated heterocycles. The van der Waals surface area contributed by atoms with Gasteiger partial charge in [0.15, 0.2) is 0 Å². The molecule has 1 N–H and O–H groups in total. The Bertz CT molecular complexity index is 401. The molecule has 4 nitrogen and oxygen atoms in total. The van der Waals surface area contributed by atoms with Crippen molar-refractivity contribution >= 4 is 5.91 Å². The summed E-state index contributed by atoms with van der Waals surface area (Å²) in [5.41, 5.74) is 2.16. The van der Waals surface area contributed by atoms with Crippen LogP contribution in [0.15, 0.2) is 18.3 Å². The standard InChI is InChI=1S/C13H19N3O/c1-10-4-3-7-15-12(10)8-14-9-13(17)16(2)11-5-6-11/h3-4,7,11,14H,5-6,8-9H2,1-2H3. The number of likely N-dealkylation sites (N-methyl/N-ethyl adjacent to an activating group) is 1. The van der Waals surface area contributed by atoms with Crippen molar-refractivity contribution in [3.63, 3.8) is 0 Å². The van der Waals surface area contributed by atoms with Crippen LogP contribution in [-0.2, 0) is 11.3 Å². The van der Waals surface area contributed by atoms with Crippen LogP contribution in [0.25, 0.3) is 0 Å². The van der Waals surface area contributed by atoms with E-state index in [0.29, 0.717) is 19.1 Å². The third-order valence-electron chi connectivity index (χ3n) is 3.17. The van der Waals surface area contributed by atoms with E-state index in [4.69, 9.17) is 0 Å².